The third-order valence-electron chi connectivity index (χ3n) is 5.61. The van der Waals surface area contributed by atoms with Crippen LogP contribution in [0.25, 0.3) is 22.4 Å². The first-order valence-corrected chi connectivity index (χ1v) is 10.8. The first kappa shape index (κ1) is 22.0. The number of carbonyl (C=O) groups is 1. The average molecular weight is 448 g/mol. The Morgan fingerprint density at radius 2 is 1.75 bits per heavy atom. The van der Waals surface area contributed by atoms with Crippen molar-refractivity contribution in [3.63, 3.8) is 0 Å². The topological polar surface area (TPSA) is 87.0 Å². The summed E-state index contributed by atoms with van der Waals surface area (Å²) in [7, 11) is 4.08. The molecule has 1 heterocycles. The lowest BCUT2D eigenvalue weighted by Gasteiger charge is -2.29. The number of fused-ring (bicyclic) bond motifs is 1. The van der Waals surface area contributed by atoms with Gasteiger partial charge in [0.15, 0.2) is 0 Å². The lowest BCUT2D eigenvalue weighted by atomic mass is 9.96. The van der Waals surface area contributed by atoms with Crippen LogP contribution in [-0.2, 0) is 0 Å². The van der Waals surface area contributed by atoms with Crippen LogP contribution < -0.4 is 11.1 Å². The molecular weight excluding hydrogens is 422 g/mol. The number of benzene rings is 3. The number of carbonyl (C=O) groups excluding carboxylic acids is 1. The Labute approximate surface area is 192 Å². The van der Waals surface area contributed by atoms with Crippen molar-refractivity contribution >= 4 is 28.5 Å². The Kier molecular flexibility index (Phi) is 6.55. The number of aromatic amines is 1. The number of nitrogens with one attached hydrogen (secondary N) is 2. The van der Waals surface area contributed by atoms with Crippen molar-refractivity contribution in [3.8, 4) is 11.4 Å². The molecule has 1 amide bonds. The third kappa shape index (κ3) is 4.67. The van der Waals surface area contributed by atoms with Crippen LogP contribution in [0.15, 0.2) is 66.7 Å². The van der Waals surface area contributed by atoms with Crippen molar-refractivity contribution in [2.45, 2.75) is 6.04 Å². The minimum atomic E-state index is -0.456. The molecule has 0 fully saturated rings. The van der Waals surface area contributed by atoms with Crippen LogP contribution in [-0.4, -0.2) is 48.0 Å². The van der Waals surface area contributed by atoms with Gasteiger partial charge in [-0.05, 0) is 55.6 Å². The van der Waals surface area contributed by atoms with E-state index in [2.05, 4.69) is 63.6 Å². The Bertz CT molecular complexity index is 1220. The molecular formula is C25H26ClN5O. The van der Waals surface area contributed by atoms with Crippen molar-refractivity contribution in [3.05, 3.63) is 88.4 Å². The largest absolute Gasteiger partial charge is 0.366 e. The van der Waals surface area contributed by atoms with Gasteiger partial charge in [0.2, 0.25) is 5.91 Å². The number of halogens is 1. The summed E-state index contributed by atoms with van der Waals surface area (Å²) in [6.07, 6.45) is 0. The quantitative estimate of drug-likeness (QED) is 0.377. The van der Waals surface area contributed by atoms with Crippen molar-refractivity contribution < 1.29 is 4.79 Å². The number of hydrogen-bond acceptors (Lipinski definition) is 4. The normalized spacial score (nSPS) is 12.4. The maximum atomic E-state index is 11.5. The molecule has 0 aliphatic carbocycles. The molecule has 1 aromatic heterocycles. The lowest BCUT2D eigenvalue weighted by molar-refractivity contribution is 0.100. The Morgan fingerprint density at radius 3 is 2.38 bits per heavy atom. The van der Waals surface area contributed by atoms with Crippen LogP contribution >= 0.6 is 11.6 Å². The predicted octanol–water partition coefficient (Wildman–Crippen LogP) is 4.22. The first-order chi connectivity index (χ1) is 15.5. The van der Waals surface area contributed by atoms with E-state index in [0.717, 1.165) is 40.5 Å². The van der Waals surface area contributed by atoms with Gasteiger partial charge in [0.05, 0.1) is 17.1 Å². The molecule has 164 valence electrons. The smallest absolute Gasteiger partial charge is 0.248 e. The maximum absolute atomic E-state index is 11.5. The number of hydrogen-bond donors (Lipinski definition) is 3. The van der Waals surface area contributed by atoms with Crippen molar-refractivity contribution in [2.75, 3.05) is 27.2 Å². The van der Waals surface area contributed by atoms with Crippen LogP contribution in [0.5, 0.6) is 0 Å². The zero-order valence-corrected chi connectivity index (χ0v) is 18.9. The Morgan fingerprint density at radius 1 is 1.09 bits per heavy atom. The Balaban J connectivity index is 1.65. The molecule has 0 bridgehead atoms. The number of amides is 1. The number of primary amides is 1. The highest BCUT2D eigenvalue weighted by molar-refractivity contribution is 6.30. The summed E-state index contributed by atoms with van der Waals surface area (Å²) in [4.78, 5) is 21.7. The van der Waals surface area contributed by atoms with Crippen LogP contribution in [0, 0.1) is 0 Å². The highest BCUT2D eigenvalue weighted by atomic mass is 35.5. The van der Waals surface area contributed by atoms with Crippen molar-refractivity contribution in [1.82, 2.24) is 20.2 Å². The molecule has 0 radical (unpaired) electrons. The summed E-state index contributed by atoms with van der Waals surface area (Å²) in [5.74, 6) is 0.294. The second-order valence-corrected chi connectivity index (χ2v) is 8.28. The van der Waals surface area contributed by atoms with E-state index < -0.39 is 5.91 Å². The fourth-order valence-electron chi connectivity index (χ4n) is 3.89. The molecule has 0 saturated carbocycles. The van der Waals surface area contributed by atoms with Gasteiger partial charge in [0, 0.05) is 29.2 Å². The monoisotopic (exact) mass is 447 g/mol. The van der Waals surface area contributed by atoms with Crippen LogP contribution in [0.3, 0.4) is 0 Å². The standard InChI is InChI=1S/C25H26ClN5O/c1-28-13-14-31(2)23(17-7-10-20(26)11-8-17)16-3-5-18(6-4-16)25-29-21-12-9-19(24(27)32)15-22(21)30-25/h3-12,15,23,28H,13-14H2,1-2H3,(H2,27,32)(H,29,30). The SMILES string of the molecule is CNCCN(C)C(c1ccc(Cl)cc1)c1ccc(-c2nc3ccc(C(N)=O)cc3[nH]2)cc1. The van der Waals surface area contributed by atoms with Crippen molar-refractivity contribution in [2.24, 2.45) is 5.73 Å². The molecule has 0 aliphatic rings. The number of nitrogens with two attached hydrogens (primary N) is 1. The van der Waals surface area contributed by atoms with Crippen molar-refractivity contribution in [1.29, 1.82) is 0 Å². The number of imidazole rings is 1. The predicted molar refractivity (Wildman–Crippen MR) is 130 cm³/mol. The fraction of sp³-hybridized carbons (Fsp3) is 0.200. The number of likely N-dealkylation sites (N-methyl/N-ethyl adjacent to an activating group) is 2. The zero-order chi connectivity index (χ0) is 22.7. The van der Waals surface area contributed by atoms with Gasteiger partial charge in [-0.1, -0.05) is 48.0 Å². The molecule has 1 unspecified atom stereocenters. The van der Waals surface area contributed by atoms with Gasteiger partial charge in [-0.3, -0.25) is 9.69 Å². The summed E-state index contributed by atoms with van der Waals surface area (Å²) in [5, 5.41) is 3.94. The van der Waals surface area contributed by atoms with Gasteiger partial charge in [-0.25, -0.2) is 4.98 Å². The summed E-state index contributed by atoms with van der Waals surface area (Å²) in [5.41, 5.74) is 10.8. The molecule has 0 spiro atoms. The number of H-pyrrole nitrogens is 1. The maximum Gasteiger partial charge on any atom is 0.248 e. The van der Waals surface area contributed by atoms with E-state index in [1.54, 1.807) is 18.2 Å². The van der Waals surface area contributed by atoms with Gasteiger partial charge in [-0.2, -0.15) is 0 Å². The van der Waals surface area contributed by atoms with E-state index in [-0.39, 0.29) is 6.04 Å². The van der Waals surface area contributed by atoms with Gasteiger partial charge in [0.25, 0.3) is 0 Å². The van der Waals surface area contributed by atoms with E-state index in [0.29, 0.717) is 5.56 Å². The van der Waals surface area contributed by atoms with E-state index in [1.807, 2.05) is 19.2 Å². The van der Waals surface area contributed by atoms with E-state index in [9.17, 15) is 4.79 Å². The highest BCUT2D eigenvalue weighted by Gasteiger charge is 2.19. The zero-order valence-electron chi connectivity index (χ0n) is 18.1. The highest BCUT2D eigenvalue weighted by Crippen LogP contribution is 2.30. The molecule has 3 aromatic carbocycles. The third-order valence-corrected chi connectivity index (χ3v) is 5.86. The summed E-state index contributed by atoms with van der Waals surface area (Å²) < 4.78 is 0. The number of nitrogens with zero attached hydrogens (tertiary/aromatic N) is 2. The minimum absolute atomic E-state index is 0.100. The van der Waals surface area contributed by atoms with Crippen LogP contribution in [0.4, 0.5) is 0 Å². The Hall–Kier alpha value is -3.19. The summed E-state index contributed by atoms with van der Waals surface area (Å²) in [6.45, 7) is 1.79. The molecule has 32 heavy (non-hydrogen) atoms. The van der Waals surface area contributed by atoms with Gasteiger partial charge < -0.3 is 16.0 Å². The lowest BCUT2D eigenvalue weighted by Crippen LogP contribution is -2.31. The average Bonchev–Trinajstić information content (AvgIpc) is 3.23. The van der Waals surface area contributed by atoms with E-state index in [1.165, 1.54) is 11.1 Å². The second-order valence-electron chi connectivity index (χ2n) is 7.84. The minimum Gasteiger partial charge on any atom is -0.366 e. The molecule has 0 saturated heterocycles. The molecule has 7 heteroatoms. The van der Waals surface area contributed by atoms with E-state index in [4.69, 9.17) is 17.3 Å². The molecule has 6 nitrogen and oxygen atoms in total. The molecule has 4 N–H and O–H groups in total. The second kappa shape index (κ2) is 9.53. The number of aromatic nitrogens is 2. The van der Waals surface area contributed by atoms with Gasteiger partial charge >= 0.3 is 0 Å². The molecule has 4 aromatic rings. The molecule has 0 aliphatic heterocycles. The molecule has 4 rings (SSSR count). The fourth-order valence-corrected chi connectivity index (χ4v) is 4.01. The van der Waals surface area contributed by atoms with Gasteiger partial charge in [-0.15, -0.1) is 0 Å². The number of rotatable bonds is 8. The van der Waals surface area contributed by atoms with E-state index >= 15 is 0 Å². The first-order valence-electron chi connectivity index (χ1n) is 10.5. The van der Waals surface area contributed by atoms with Gasteiger partial charge in [0.1, 0.15) is 5.82 Å². The van der Waals surface area contributed by atoms with Crippen LogP contribution in [0.2, 0.25) is 5.02 Å². The summed E-state index contributed by atoms with van der Waals surface area (Å²) in [6, 6.07) is 21.7. The molecule has 1 atom stereocenters. The van der Waals surface area contributed by atoms with Crippen LogP contribution in [0.1, 0.15) is 27.5 Å². The summed E-state index contributed by atoms with van der Waals surface area (Å²) >= 11 is 6.12.